The molecule has 2 aromatic heterocycles. The van der Waals surface area contributed by atoms with Crippen molar-refractivity contribution in [1.82, 2.24) is 25.2 Å². The van der Waals surface area contributed by atoms with E-state index < -0.39 is 0 Å². The largest absolute Gasteiger partial charge is 0.340 e. The number of hydrogen-bond donors (Lipinski definition) is 4. The van der Waals surface area contributed by atoms with Crippen molar-refractivity contribution in [3.05, 3.63) is 59.5 Å². The lowest BCUT2D eigenvalue weighted by Gasteiger charge is -2.26. The van der Waals surface area contributed by atoms with Gasteiger partial charge in [-0.3, -0.25) is 14.7 Å². The number of pyridine rings is 1. The van der Waals surface area contributed by atoms with Crippen LogP contribution in [0.1, 0.15) is 16.7 Å². The average Bonchev–Trinajstić information content (AvgIpc) is 2.82. The molecule has 2 aliphatic rings. The van der Waals surface area contributed by atoms with Gasteiger partial charge in [0.05, 0.1) is 18.4 Å². The Bertz CT molecular complexity index is 1160. The summed E-state index contributed by atoms with van der Waals surface area (Å²) < 4.78 is 0. The maximum absolute atomic E-state index is 12.8. The molecule has 1 fully saturated rings. The number of nitrogens with zero attached hydrogens (tertiary/aromatic N) is 4. The van der Waals surface area contributed by atoms with Gasteiger partial charge in [-0.1, -0.05) is 0 Å². The highest BCUT2D eigenvalue weighted by Crippen LogP contribution is 2.27. The second-order valence-corrected chi connectivity index (χ2v) is 8.50. The minimum Gasteiger partial charge on any atom is -0.340 e. The van der Waals surface area contributed by atoms with Crippen LogP contribution in [0.25, 0.3) is 0 Å². The van der Waals surface area contributed by atoms with E-state index >= 15 is 0 Å². The number of piperazine rings is 1. The average molecular weight is 445 g/mol. The van der Waals surface area contributed by atoms with E-state index in [-0.39, 0.29) is 5.91 Å². The molecule has 0 radical (unpaired) electrons. The first kappa shape index (κ1) is 21.3. The van der Waals surface area contributed by atoms with Gasteiger partial charge >= 0.3 is 0 Å². The Morgan fingerprint density at radius 3 is 2.82 bits per heavy atom. The number of amides is 1. The molecule has 3 aromatic rings. The van der Waals surface area contributed by atoms with Crippen molar-refractivity contribution in [2.45, 2.75) is 19.8 Å². The second kappa shape index (κ2) is 9.51. The topological polar surface area (TPSA) is 107 Å². The molecule has 4 N–H and O–H groups in total. The summed E-state index contributed by atoms with van der Waals surface area (Å²) in [5.41, 5.74) is 5.72. The Morgan fingerprint density at radius 1 is 1.06 bits per heavy atom. The van der Waals surface area contributed by atoms with Gasteiger partial charge in [-0.05, 0) is 55.2 Å². The number of benzene rings is 1. The lowest BCUT2D eigenvalue weighted by Crippen LogP contribution is -2.46. The van der Waals surface area contributed by atoms with Gasteiger partial charge in [-0.2, -0.15) is 4.98 Å². The molecule has 170 valence electrons. The van der Waals surface area contributed by atoms with Crippen LogP contribution in [0.5, 0.6) is 0 Å². The Balaban J connectivity index is 1.43. The van der Waals surface area contributed by atoms with Crippen LogP contribution in [0.4, 0.5) is 28.8 Å². The Hall–Kier alpha value is -3.56. The third kappa shape index (κ3) is 5.27. The summed E-state index contributed by atoms with van der Waals surface area (Å²) in [6.07, 6.45) is 6.99. The molecule has 6 bridgehead atoms. The van der Waals surface area contributed by atoms with Crippen LogP contribution >= 0.6 is 0 Å². The summed E-state index contributed by atoms with van der Waals surface area (Å²) in [6, 6.07) is 8.09. The van der Waals surface area contributed by atoms with E-state index in [0.717, 1.165) is 78.6 Å². The predicted octanol–water partition coefficient (Wildman–Crippen LogP) is 2.61. The quantitative estimate of drug-likeness (QED) is 0.488. The van der Waals surface area contributed by atoms with E-state index in [0.29, 0.717) is 12.5 Å². The van der Waals surface area contributed by atoms with Crippen LogP contribution in [-0.4, -0.2) is 58.5 Å². The molecular formula is C24H28N8O. The highest BCUT2D eigenvalue weighted by atomic mass is 16.2. The molecule has 0 unspecified atom stereocenters. The Morgan fingerprint density at radius 2 is 1.94 bits per heavy atom. The van der Waals surface area contributed by atoms with Crippen molar-refractivity contribution in [1.29, 1.82) is 0 Å². The summed E-state index contributed by atoms with van der Waals surface area (Å²) in [7, 11) is 0. The number of carbonyl (C=O) groups excluding carboxylic acids is 1. The van der Waals surface area contributed by atoms with Crippen LogP contribution in [0.15, 0.2) is 42.9 Å². The van der Waals surface area contributed by atoms with Crippen LogP contribution in [-0.2, 0) is 17.6 Å². The maximum Gasteiger partial charge on any atom is 0.238 e. The highest BCUT2D eigenvalue weighted by molar-refractivity contribution is 5.93. The van der Waals surface area contributed by atoms with Gasteiger partial charge in [0.25, 0.3) is 0 Å². The lowest BCUT2D eigenvalue weighted by atomic mass is 10.0. The molecule has 9 heteroatoms. The number of aryl methyl sites for hydroxylation is 3. The number of fused-ring (bicyclic) bond motifs is 6. The summed E-state index contributed by atoms with van der Waals surface area (Å²) in [6.45, 7) is 6.00. The number of carbonyl (C=O) groups is 1. The molecule has 0 saturated carbocycles. The molecule has 1 amide bonds. The molecule has 2 aliphatic heterocycles. The molecule has 9 nitrogen and oxygen atoms in total. The van der Waals surface area contributed by atoms with Gasteiger partial charge in [-0.15, -0.1) is 0 Å². The van der Waals surface area contributed by atoms with E-state index in [1.807, 2.05) is 25.3 Å². The van der Waals surface area contributed by atoms with Gasteiger partial charge < -0.3 is 21.3 Å². The first-order valence-electron chi connectivity index (χ1n) is 11.3. The van der Waals surface area contributed by atoms with Gasteiger partial charge in [0, 0.05) is 55.5 Å². The van der Waals surface area contributed by atoms with Crippen LogP contribution in [0.2, 0.25) is 0 Å². The minimum atomic E-state index is 0.0147. The smallest absolute Gasteiger partial charge is 0.238 e. The summed E-state index contributed by atoms with van der Waals surface area (Å²) in [5, 5.41) is 13.1. The molecule has 1 aromatic carbocycles. The van der Waals surface area contributed by atoms with E-state index in [2.05, 4.69) is 53.3 Å². The predicted molar refractivity (Wildman–Crippen MR) is 129 cm³/mol. The van der Waals surface area contributed by atoms with E-state index in [1.165, 1.54) is 0 Å². The molecule has 0 spiro atoms. The molecule has 4 heterocycles. The fourth-order valence-corrected chi connectivity index (χ4v) is 4.13. The number of nitrogens with one attached hydrogen (secondary N) is 4. The van der Waals surface area contributed by atoms with Crippen LogP contribution in [0, 0.1) is 6.92 Å². The number of anilines is 5. The zero-order valence-electron chi connectivity index (χ0n) is 18.7. The third-order valence-electron chi connectivity index (χ3n) is 5.92. The monoisotopic (exact) mass is 444 g/mol. The first-order chi connectivity index (χ1) is 16.1. The molecule has 33 heavy (non-hydrogen) atoms. The summed E-state index contributed by atoms with van der Waals surface area (Å²) in [5.74, 6) is 1.26. The van der Waals surface area contributed by atoms with Gasteiger partial charge in [0.1, 0.15) is 5.82 Å². The van der Waals surface area contributed by atoms with Crippen molar-refractivity contribution in [3.8, 4) is 0 Å². The van der Waals surface area contributed by atoms with Gasteiger partial charge in [0.2, 0.25) is 11.9 Å². The minimum absolute atomic E-state index is 0.0147. The van der Waals surface area contributed by atoms with Crippen LogP contribution < -0.4 is 21.3 Å². The Kier molecular flexibility index (Phi) is 6.14. The molecule has 1 saturated heterocycles. The number of aromatic nitrogens is 3. The second-order valence-electron chi connectivity index (χ2n) is 8.50. The fourth-order valence-electron chi connectivity index (χ4n) is 4.13. The van der Waals surface area contributed by atoms with E-state index in [1.54, 1.807) is 12.4 Å². The molecular weight excluding hydrogens is 416 g/mol. The standard InChI is InChI=1S/C24H28N8O/c1-16-12-27-24-29-20-10-17(13-26-14-20)2-3-18-11-19(28-23(16)31-24)4-5-21(18)30-22(33)15-32-8-6-25-7-9-32/h4-5,10-14,25H,2-3,6-9,15H2,1H3,(H,30,33)(H2,27,28,29,31). The fraction of sp³-hybridized carbons (Fsp3) is 0.333. The normalized spacial score (nSPS) is 15.8. The SMILES string of the molecule is Cc1cnc2nc1Nc1ccc(NC(=O)CN3CCNCC3)c(c1)CCc1cncc(c1)N2. The third-order valence-corrected chi connectivity index (χ3v) is 5.92. The van der Waals surface area contributed by atoms with Gasteiger partial charge in [-0.25, -0.2) is 4.98 Å². The molecule has 0 atom stereocenters. The first-order valence-corrected chi connectivity index (χ1v) is 11.3. The van der Waals surface area contributed by atoms with Crippen molar-refractivity contribution in [2.24, 2.45) is 0 Å². The highest BCUT2D eigenvalue weighted by Gasteiger charge is 2.16. The maximum atomic E-state index is 12.8. The van der Waals surface area contributed by atoms with E-state index in [4.69, 9.17) is 0 Å². The van der Waals surface area contributed by atoms with Crippen molar-refractivity contribution in [3.63, 3.8) is 0 Å². The number of rotatable bonds is 3. The zero-order valence-corrected chi connectivity index (χ0v) is 18.7. The van der Waals surface area contributed by atoms with E-state index in [9.17, 15) is 4.79 Å². The zero-order chi connectivity index (χ0) is 22.6. The van der Waals surface area contributed by atoms with Crippen molar-refractivity contribution in [2.75, 3.05) is 48.7 Å². The van der Waals surface area contributed by atoms with Crippen LogP contribution in [0.3, 0.4) is 0 Å². The summed E-state index contributed by atoms with van der Waals surface area (Å²) >= 11 is 0. The number of hydrogen-bond acceptors (Lipinski definition) is 8. The molecule has 0 aliphatic carbocycles. The van der Waals surface area contributed by atoms with Crippen molar-refractivity contribution >= 4 is 34.7 Å². The molecule has 5 rings (SSSR count). The Labute approximate surface area is 193 Å². The van der Waals surface area contributed by atoms with Crippen molar-refractivity contribution < 1.29 is 4.79 Å². The summed E-state index contributed by atoms with van der Waals surface area (Å²) in [4.78, 5) is 28.3. The lowest BCUT2D eigenvalue weighted by molar-refractivity contribution is -0.117. The van der Waals surface area contributed by atoms with Gasteiger partial charge in [0.15, 0.2) is 0 Å².